The summed E-state index contributed by atoms with van der Waals surface area (Å²) >= 11 is 0. The zero-order valence-electron chi connectivity index (χ0n) is 13.6. The Morgan fingerprint density at radius 1 is 1.04 bits per heavy atom. The van der Waals surface area contributed by atoms with E-state index in [1.54, 1.807) is 23.1 Å². The van der Waals surface area contributed by atoms with E-state index in [9.17, 15) is 8.78 Å². The van der Waals surface area contributed by atoms with Gasteiger partial charge in [-0.3, -0.25) is 9.97 Å². The average Bonchev–Trinajstić information content (AvgIpc) is 3.03. The van der Waals surface area contributed by atoms with E-state index in [-0.39, 0.29) is 18.9 Å². The van der Waals surface area contributed by atoms with Gasteiger partial charge in [0.2, 0.25) is 5.95 Å². The van der Waals surface area contributed by atoms with Crippen LogP contribution in [-0.4, -0.2) is 36.5 Å². The summed E-state index contributed by atoms with van der Waals surface area (Å²) in [4.78, 5) is 12.9. The predicted octanol–water partition coefficient (Wildman–Crippen LogP) is 3.55. The lowest BCUT2D eigenvalue weighted by Crippen LogP contribution is -2.44. The second kappa shape index (κ2) is 5.42. The van der Waals surface area contributed by atoms with Gasteiger partial charge in [-0.2, -0.15) is 0 Å². The van der Waals surface area contributed by atoms with E-state index in [4.69, 9.17) is 0 Å². The summed E-state index contributed by atoms with van der Waals surface area (Å²) in [5.74, 6) is -2.22. The molecule has 0 amide bonds. The third kappa shape index (κ3) is 2.54. The number of hydrogen-bond donors (Lipinski definition) is 1. The molecule has 0 spiro atoms. The standard InChI is InChI=1S/C18H14F2N6/c19-18(20)8-12(9-18)24-17-23-10-16-13(3-6-26(16)25-17)11-1-2-14-15(7-11)22-5-4-21-14/h1-7,10,12H,8-9H2,(H,24,25). The van der Waals surface area contributed by atoms with E-state index in [0.29, 0.717) is 5.95 Å². The van der Waals surface area contributed by atoms with Gasteiger partial charge in [-0.05, 0) is 23.8 Å². The molecule has 5 rings (SSSR count). The van der Waals surface area contributed by atoms with Crippen molar-refractivity contribution in [1.29, 1.82) is 0 Å². The first kappa shape index (κ1) is 15.1. The first-order chi connectivity index (χ1) is 12.6. The number of rotatable bonds is 3. The number of alkyl halides is 2. The Kier molecular flexibility index (Phi) is 3.15. The Hall–Kier alpha value is -3.16. The van der Waals surface area contributed by atoms with E-state index in [0.717, 1.165) is 27.7 Å². The second-order valence-electron chi connectivity index (χ2n) is 6.51. The zero-order chi connectivity index (χ0) is 17.7. The summed E-state index contributed by atoms with van der Waals surface area (Å²) in [6, 6.07) is 7.55. The van der Waals surface area contributed by atoms with Crippen molar-refractivity contribution in [2.75, 3.05) is 5.32 Å². The highest BCUT2D eigenvalue weighted by Crippen LogP contribution is 2.38. The molecular formula is C18H14F2N6. The number of nitrogens with one attached hydrogen (secondary N) is 1. The number of hydrogen-bond acceptors (Lipinski definition) is 5. The van der Waals surface area contributed by atoms with E-state index < -0.39 is 5.92 Å². The van der Waals surface area contributed by atoms with Crippen LogP contribution >= 0.6 is 0 Å². The maximum Gasteiger partial charge on any atom is 0.252 e. The second-order valence-corrected chi connectivity index (χ2v) is 6.51. The van der Waals surface area contributed by atoms with Gasteiger partial charge in [-0.1, -0.05) is 6.07 Å². The Bertz CT molecular complexity index is 1120. The minimum Gasteiger partial charge on any atom is -0.350 e. The summed E-state index contributed by atoms with van der Waals surface area (Å²) < 4.78 is 27.6. The van der Waals surface area contributed by atoms with Crippen LogP contribution in [0.5, 0.6) is 0 Å². The molecule has 3 aromatic heterocycles. The number of fused-ring (bicyclic) bond motifs is 2. The van der Waals surface area contributed by atoms with Crippen molar-refractivity contribution >= 4 is 22.5 Å². The van der Waals surface area contributed by atoms with Gasteiger partial charge in [0.25, 0.3) is 5.92 Å². The van der Waals surface area contributed by atoms with Crippen LogP contribution in [0.1, 0.15) is 12.8 Å². The molecule has 3 heterocycles. The van der Waals surface area contributed by atoms with Crippen LogP contribution in [-0.2, 0) is 0 Å². The minimum atomic E-state index is -2.57. The number of aromatic nitrogens is 5. The zero-order valence-corrected chi connectivity index (χ0v) is 13.6. The van der Waals surface area contributed by atoms with Crippen molar-refractivity contribution < 1.29 is 8.78 Å². The van der Waals surface area contributed by atoms with Crippen LogP contribution in [0.2, 0.25) is 0 Å². The van der Waals surface area contributed by atoms with Gasteiger partial charge in [0.1, 0.15) is 0 Å². The Balaban J connectivity index is 1.47. The number of benzene rings is 1. The van der Waals surface area contributed by atoms with Crippen molar-refractivity contribution in [1.82, 2.24) is 24.6 Å². The highest BCUT2D eigenvalue weighted by molar-refractivity contribution is 5.86. The van der Waals surface area contributed by atoms with Crippen molar-refractivity contribution in [2.24, 2.45) is 0 Å². The van der Waals surface area contributed by atoms with Crippen LogP contribution in [0.4, 0.5) is 14.7 Å². The van der Waals surface area contributed by atoms with E-state index in [1.165, 1.54) is 0 Å². The molecule has 26 heavy (non-hydrogen) atoms. The van der Waals surface area contributed by atoms with Crippen molar-refractivity contribution in [3.8, 4) is 11.1 Å². The minimum absolute atomic E-state index is 0.177. The summed E-state index contributed by atoms with van der Waals surface area (Å²) in [6.45, 7) is 0. The molecule has 0 atom stereocenters. The monoisotopic (exact) mass is 352 g/mol. The van der Waals surface area contributed by atoms with Gasteiger partial charge in [-0.15, -0.1) is 5.10 Å². The fourth-order valence-electron chi connectivity index (χ4n) is 3.29. The summed E-state index contributed by atoms with van der Waals surface area (Å²) in [5, 5.41) is 7.33. The number of halogens is 2. The summed E-state index contributed by atoms with van der Waals surface area (Å²) in [7, 11) is 0. The summed E-state index contributed by atoms with van der Waals surface area (Å²) in [5.41, 5.74) is 4.44. The molecule has 1 N–H and O–H groups in total. The number of anilines is 1. The molecule has 0 saturated heterocycles. The highest BCUT2D eigenvalue weighted by atomic mass is 19.3. The molecule has 130 valence electrons. The normalized spacial score (nSPS) is 16.7. The van der Waals surface area contributed by atoms with Crippen molar-refractivity contribution in [3.63, 3.8) is 0 Å². The molecule has 8 heteroatoms. The topological polar surface area (TPSA) is 68.0 Å². The van der Waals surface area contributed by atoms with Crippen molar-refractivity contribution in [3.05, 3.63) is 49.1 Å². The fourth-order valence-corrected chi connectivity index (χ4v) is 3.29. The Labute approximate surface area is 146 Å². The number of nitrogens with zero attached hydrogens (tertiary/aromatic N) is 5. The molecule has 4 aromatic rings. The summed E-state index contributed by atoms with van der Waals surface area (Å²) in [6.07, 6.45) is 6.49. The van der Waals surface area contributed by atoms with Crippen LogP contribution in [0.25, 0.3) is 27.7 Å². The maximum absolute atomic E-state index is 13.0. The van der Waals surface area contributed by atoms with Crippen molar-refractivity contribution in [2.45, 2.75) is 24.8 Å². The third-order valence-corrected chi connectivity index (χ3v) is 4.62. The fraction of sp³-hybridized carbons (Fsp3) is 0.222. The van der Waals surface area contributed by atoms with Gasteiger partial charge < -0.3 is 5.32 Å². The van der Waals surface area contributed by atoms with Crippen LogP contribution in [0.3, 0.4) is 0 Å². The molecular weight excluding hydrogens is 338 g/mol. The molecule has 1 saturated carbocycles. The Morgan fingerprint density at radius 3 is 2.65 bits per heavy atom. The Morgan fingerprint density at radius 2 is 1.85 bits per heavy atom. The first-order valence-electron chi connectivity index (χ1n) is 8.27. The SMILES string of the molecule is FC1(F)CC(Nc2ncc3c(-c4ccc5nccnc5c4)ccn3n2)C1. The van der Waals surface area contributed by atoms with Gasteiger partial charge in [0.15, 0.2) is 0 Å². The lowest BCUT2D eigenvalue weighted by molar-refractivity contribution is -0.0794. The maximum atomic E-state index is 13.0. The molecule has 0 aliphatic heterocycles. The van der Waals surface area contributed by atoms with Crippen LogP contribution in [0, 0.1) is 0 Å². The van der Waals surface area contributed by atoms with Gasteiger partial charge in [-0.25, -0.2) is 18.3 Å². The molecule has 0 bridgehead atoms. The van der Waals surface area contributed by atoms with E-state index in [1.807, 2.05) is 30.5 Å². The smallest absolute Gasteiger partial charge is 0.252 e. The lowest BCUT2D eigenvalue weighted by Gasteiger charge is -2.35. The molecule has 6 nitrogen and oxygen atoms in total. The largest absolute Gasteiger partial charge is 0.350 e. The van der Waals surface area contributed by atoms with Gasteiger partial charge >= 0.3 is 0 Å². The predicted molar refractivity (Wildman–Crippen MR) is 93.1 cm³/mol. The molecule has 1 aliphatic carbocycles. The van der Waals surface area contributed by atoms with Gasteiger partial charge in [0.05, 0.1) is 22.7 Å². The molecule has 0 radical (unpaired) electrons. The van der Waals surface area contributed by atoms with Crippen LogP contribution in [0.15, 0.2) is 49.1 Å². The highest BCUT2D eigenvalue weighted by Gasteiger charge is 2.45. The van der Waals surface area contributed by atoms with E-state index in [2.05, 4.69) is 25.4 Å². The molecule has 1 fully saturated rings. The van der Waals surface area contributed by atoms with Gasteiger partial charge in [0, 0.05) is 43.0 Å². The average molecular weight is 352 g/mol. The molecule has 0 unspecified atom stereocenters. The third-order valence-electron chi connectivity index (χ3n) is 4.62. The molecule has 1 aromatic carbocycles. The van der Waals surface area contributed by atoms with E-state index >= 15 is 0 Å². The first-order valence-corrected chi connectivity index (χ1v) is 8.27. The molecule has 1 aliphatic rings. The lowest BCUT2D eigenvalue weighted by atomic mass is 9.88. The van der Waals surface area contributed by atoms with Crippen LogP contribution < -0.4 is 5.32 Å². The quantitative estimate of drug-likeness (QED) is 0.611.